The molecule has 0 fully saturated rings. The van der Waals surface area contributed by atoms with E-state index >= 15 is 0 Å². The fourth-order valence-corrected chi connectivity index (χ4v) is 1.25. The molecule has 0 saturated heterocycles. The molecule has 17 heavy (non-hydrogen) atoms. The van der Waals surface area contributed by atoms with Crippen LogP contribution in [0.5, 0.6) is 0 Å². The van der Waals surface area contributed by atoms with Crippen LogP contribution in [0.3, 0.4) is 0 Å². The lowest BCUT2D eigenvalue weighted by molar-refractivity contribution is -0.152. The van der Waals surface area contributed by atoms with Crippen molar-refractivity contribution in [1.82, 2.24) is 0 Å². The minimum Gasteiger partial charge on any atom is -0.317 e. The number of carbonyl (C=O) groups is 1. The van der Waals surface area contributed by atoms with Crippen LogP contribution in [0.4, 0.5) is 0 Å². The molecule has 1 aromatic carbocycles. The molecule has 0 aliphatic carbocycles. The molecular weight excluding hydrogens is 282 g/mol. The molecule has 0 heterocycles. The average molecular weight is 298 g/mol. The van der Waals surface area contributed by atoms with Gasteiger partial charge in [-0.15, -0.1) is 0 Å². The molecule has 3 nitrogen and oxygen atoms in total. The maximum atomic E-state index is 11.5. The van der Waals surface area contributed by atoms with Crippen LogP contribution in [0.1, 0.15) is 33.3 Å². The zero-order valence-electron chi connectivity index (χ0n) is 10.5. The van der Waals surface area contributed by atoms with Crippen LogP contribution in [0.15, 0.2) is 33.9 Å². The number of hydrogen-bond donors (Lipinski definition) is 0. The predicted molar refractivity (Wildman–Crippen MR) is 71.9 cm³/mol. The Kier molecular flexibility index (Phi) is 4.46. The van der Waals surface area contributed by atoms with Gasteiger partial charge in [-0.1, -0.05) is 33.2 Å². The zero-order chi connectivity index (χ0) is 13.1. The number of benzene rings is 1. The molecule has 0 unspecified atom stereocenters. The van der Waals surface area contributed by atoms with E-state index in [2.05, 4.69) is 21.1 Å². The Labute approximate surface area is 110 Å². The monoisotopic (exact) mass is 297 g/mol. The Morgan fingerprint density at radius 2 is 1.76 bits per heavy atom. The summed E-state index contributed by atoms with van der Waals surface area (Å²) in [5.74, 6) is -0.339. The summed E-state index contributed by atoms with van der Waals surface area (Å²) in [6, 6.07) is 7.65. The van der Waals surface area contributed by atoms with Crippen molar-refractivity contribution in [2.75, 3.05) is 0 Å². The van der Waals surface area contributed by atoms with Gasteiger partial charge in [0.2, 0.25) is 0 Å². The van der Waals surface area contributed by atoms with E-state index < -0.39 is 5.41 Å². The van der Waals surface area contributed by atoms with Crippen LogP contribution in [-0.4, -0.2) is 11.7 Å². The summed E-state index contributed by atoms with van der Waals surface area (Å²) in [6.45, 7) is 7.18. The first kappa shape index (κ1) is 13.9. The molecule has 0 spiro atoms. The van der Waals surface area contributed by atoms with E-state index in [1.165, 1.54) is 0 Å². The summed E-state index contributed by atoms with van der Waals surface area (Å²) in [4.78, 5) is 16.4. The second kappa shape index (κ2) is 5.45. The first-order chi connectivity index (χ1) is 7.80. The number of nitrogens with zero attached hydrogens (tertiary/aromatic N) is 1. The quantitative estimate of drug-likeness (QED) is 0.473. The fraction of sp³-hybridized carbons (Fsp3) is 0.385. The Morgan fingerprint density at radius 3 is 2.24 bits per heavy atom. The molecular formula is C13H16BrNO2. The van der Waals surface area contributed by atoms with Crippen molar-refractivity contribution < 1.29 is 9.63 Å². The largest absolute Gasteiger partial charge is 0.340 e. The van der Waals surface area contributed by atoms with Gasteiger partial charge in [0, 0.05) is 4.47 Å². The summed E-state index contributed by atoms with van der Waals surface area (Å²) >= 11 is 3.36. The van der Waals surface area contributed by atoms with Crippen LogP contribution in [0.25, 0.3) is 0 Å². The second-order valence-corrected chi connectivity index (χ2v) is 5.73. The maximum absolute atomic E-state index is 11.5. The molecule has 0 bridgehead atoms. The summed E-state index contributed by atoms with van der Waals surface area (Å²) < 4.78 is 1.00. The van der Waals surface area contributed by atoms with Crippen molar-refractivity contribution >= 4 is 27.6 Å². The third-order valence-electron chi connectivity index (χ3n) is 2.14. The number of halogens is 1. The molecule has 1 aromatic rings. The van der Waals surface area contributed by atoms with Crippen LogP contribution in [0, 0.1) is 5.41 Å². The van der Waals surface area contributed by atoms with E-state index in [0.29, 0.717) is 5.71 Å². The number of hydrogen-bond acceptors (Lipinski definition) is 3. The van der Waals surface area contributed by atoms with Crippen molar-refractivity contribution in [2.45, 2.75) is 27.7 Å². The first-order valence-corrected chi connectivity index (χ1v) is 6.12. The van der Waals surface area contributed by atoms with Crippen LogP contribution >= 0.6 is 15.9 Å². The topological polar surface area (TPSA) is 38.7 Å². The normalized spacial score (nSPS) is 12.4. The summed E-state index contributed by atoms with van der Waals surface area (Å²) in [6.07, 6.45) is 0. The van der Waals surface area contributed by atoms with Crippen LogP contribution < -0.4 is 0 Å². The minimum absolute atomic E-state index is 0.339. The highest BCUT2D eigenvalue weighted by atomic mass is 79.9. The highest BCUT2D eigenvalue weighted by molar-refractivity contribution is 9.10. The Balaban J connectivity index is 2.74. The second-order valence-electron chi connectivity index (χ2n) is 4.81. The summed E-state index contributed by atoms with van der Waals surface area (Å²) in [7, 11) is 0. The molecule has 1 rings (SSSR count). The molecule has 4 heteroatoms. The van der Waals surface area contributed by atoms with Gasteiger partial charge in [0.25, 0.3) is 0 Å². The van der Waals surface area contributed by atoms with Gasteiger partial charge < -0.3 is 4.84 Å². The SMILES string of the molecule is CC(=NOC(=O)C(C)(C)C)c1ccc(Br)cc1. The lowest BCUT2D eigenvalue weighted by Crippen LogP contribution is -2.21. The van der Waals surface area contributed by atoms with Crippen LogP contribution in [-0.2, 0) is 9.63 Å². The average Bonchev–Trinajstić information content (AvgIpc) is 2.25. The van der Waals surface area contributed by atoms with Gasteiger partial charge in [0.05, 0.1) is 11.1 Å². The van der Waals surface area contributed by atoms with E-state index in [1.54, 1.807) is 27.7 Å². The van der Waals surface area contributed by atoms with Crippen molar-refractivity contribution in [2.24, 2.45) is 10.6 Å². The van der Waals surface area contributed by atoms with E-state index in [-0.39, 0.29) is 5.97 Å². The van der Waals surface area contributed by atoms with Gasteiger partial charge in [-0.2, -0.15) is 0 Å². The molecule has 0 aliphatic heterocycles. The highest BCUT2D eigenvalue weighted by Gasteiger charge is 2.23. The number of oxime groups is 1. The first-order valence-electron chi connectivity index (χ1n) is 5.32. The van der Waals surface area contributed by atoms with E-state index in [4.69, 9.17) is 4.84 Å². The molecule has 0 aromatic heterocycles. The summed E-state index contributed by atoms with van der Waals surface area (Å²) in [5, 5.41) is 3.84. The molecule has 0 aliphatic rings. The van der Waals surface area contributed by atoms with Crippen molar-refractivity contribution in [3.8, 4) is 0 Å². The Morgan fingerprint density at radius 1 is 1.24 bits per heavy atom. The maximum Gasteiger partial charge on any atom is 0.340 e. The smallest absolute Gasteiger partial charge is 0.317 e. The van der Waals surface area contributed by atoms with Crippen molar-refractivity contribution in [1.29, 1.82) is 0 Å². The number of carbonyl (C=O) groups excluding carboxylic acids is 1. The fourth-order valence-electron chi connectivity index (χ4n) is 0.991. The van der Waals surface area contributed by atoms with E-state index in [9.17, 15) is 4.79 Å². The molecule has 0 radical (unpaired) electrons. The molecule has 92 valence electrons. The van der Waals surface area contributed by atoms with Gasteiger partial charge in [-0.05, 0) is 45.4 Å². The molecule has 0 N–H and O–H groups in total. The summed E-state index contributed by atoms with van der Waals surface area (Å²) in [5.41, 5.74) is 1.06. The minimum atomic E-state index is -0.538. The Hall–Kier alpha value is -1.16. The van der Waals surface area contributed by atoms with E-state index in [0.717, 1.165) is 10.0 Å². The standard InChI is InChI=1S/C13H16BrNO2/c1-9(10-5-7-11(14)8-6-10)15-17-12(16)13(2,3)4/h5-8H,1-4H3. The van der Waals surface area contributed by atoms with Crippen molar-refractivity contribution in [3.05, 3.63) is 34.3 Å². The lowest BCUT2D eigenvalue weighted by Gasteiger charge is -2.13. The third-order valence-corrected chi connectivity index (χ3v) is 2.67. The molecule has 0 atom stereocenters. The zero-order valence-corrected chi connectivity index (χ0v) is 12.0. The van der Waals surface area contributed by atoms with Gasteiger partial charge >= 0.3 is 5.97 Å². The van der Waals surface area contributed by atoms with E-state index in [1.807, 2.05) is 24.3 Å². The van der Waals surface area contributed by atoms with Gasteiger partial charge in [-0.25, -0.2) is 4.79 Å². The molecule has 0 saturated carbocycles. The van der Waals surface area contributed by atoms with Gasteiger partial charge in [0.15, 0.2) is 0 Å². The predicted octanol–water partition coefficient (Wildman–Crippen LogP) is 3.76. The van der Waals surface area contributed by atoms with Gasteiger partial charge in [-0.3, -0.25) is 0 Å². The van der Waals surface area contributed by atoms with Crippen molar-refractivity contribution in [3.63, 3.8) is 0 Å². The molecule has 0 amide bonds. The Bertz CT molecular complexity index is 430. The third kappa shape index (κ3) is 4.30. The lowest BCUT2D eigenvalue weighted by atomic mass is 9.98. The highest BCUT2D eigenvalue weighted by Crippen LogP contribution is 2.16. The van der Waals surface area contributed by atoms with Gasteiger partial charge in [0.1, 0.15) is 0 Å². The number of rotatable bonds is 2. The van der Waals surface area contributed by atoms with Crippen LogP contribution in [0.2, 0.25) is 0 Å².